The highest BCUT2D eigenvalue weighted by Gasteiger charge is 2.44. The number of aromatic nitrogens is 2. The highest BCUT2D eigenvalue weighted by molar-refractivity contribution is 5.88. The van der Waals surface area contributed by atoms with Gasteiger partial charge >= 0.3 is 0 Å². The lowest BCUT2D eigenvalue weighted by molar-refractivity contribution is -0.132. The van der Waals surface area contributed by atoms with Crippen molar-refractivity contribution < 1.29 is 14.6 Å². The second kappa shape index (κ2) is 7.98. The number of rotatable bonds is 4. The van der Waals surface area contributed by atoms with Crippen molar-refractivity contribution in [1.82, 2.24) is 20.2 Å². The summed E-state index contributed by atoms with van der Waals surface area (Å²) >= 11 is 0. The van der Waals surface area contributed by atoms with E-state index in [0.717, 1.165) is 55.0 Å². The minimum absolute atomic E-state index is 0.0444. The molecule has 2 aliphatic heterocycles. The highest BCUT2D eigenvalue weighted by atomic mass is 16.5. The normalized spacial score (nSPS) is 20.1. The van der Waals surface area contributed by atoms with Crippen molar-refractivity contribution in [3.05, 3.63) is 59.5 Å². The van der Waals surface area contributed by atoms with E-state index >= 15 is 0 Å². The number of methoxy groups -OCH3 is 1. The van der Waals surface area contributed by atoms with Gasteiger partial charge in [-0.15, -0.1) is 0 Å². The van der Waals surface area contributed by atoms with Crippen molar-refractivity contribution in [3.8, 4) is 5.75 Å². The van der Waals surface area contributed by atoms with Gasteiger partial charge in [0.2, 0.25) is 5.91 Å². The van der Waals surface area contributed by atoms with Gasteiger partial charge in [-0.3, -0.25) is 9.78 Å². The molecule has 0 aliphatic carbocycles. The monoisotopic (exact) mass is 420 g/mol. The number of hydrogen-bond donors (Lipinski definition) is 3. The molecular formula is C24H28N4O3. The number of likely N-dealkylation sites (tertiary alicyclic amines) is 1. The van der Waals surface area contributed by atoms with Gasteiger partial charge in [-0.25, -0.2) is 0 Å². The van der Waals surface area contributed by atoms with Crippen LogP contribution in [0, 0.1) is 0 Å². The van der Waals surface area contributed by atoms with Gasteiger partial charge in [-0.2, -0.15) is 0 Å². The zero-order chi connectivity index (χ0) is 21.4. The molecule has 31 heavy (non-hydrogen) atoms. The summed E-state index contributed by atoms with van der Waals surface area (Å²) in [5.74, 6) is 0.966. The Hall–Kier alpha value is -2.90. The maximum absolute atomic E-state index is 12.8. The molecule has 2 aromatic heterocycles. The molecular weight excluding hydrogens is 392 g/mol. The summed E-state index contributed by atoms with van der Waals surface area (Å²) in [4.78, 5) is 22.5. The van der Waals surface area contributed by atoms with Crippen LogP contribution < -0.4 is 10.1 Å². The van der Waals surface area contributed by atoms with Gasteiger partial charge in [-0.1, -0.05) is 6.07 Å². The topological polar surface area (TPSA) is 90.5 Å². The number of fused-ring (bicyclic) bond motifs is 4. The molecule has 0 bridgehead atoms. The third-order valence-corrected chi connectivity index (χ3v) is 6.93. The Morgan fingerprint density at radius 1 is 1.32 bits per heavy atom. The number of aliphatic hydroxyl groups excluding tert-OH is 1. The number of aromatic amines is 1. The van der Waals surface area contributed by atoms with E-state index in [1.807, 2.05) is 29.2 Å². The zero-order valence-corrected chi connectivity index (χ0v) is 17.7. The first-order chi connectivity index (χ1) is 15.1. The molecule has 1 fully saturated rings. The van der Waals surface area contributed by atoms with E-state index in [9.17, 15) is 9.90 Å². The first-order valence-corrected chi connectivity index (χ1v) is 10.8. The number of aliphatic hydroxyl groups is 1. The fourth-order valence-electron chi connectivity index (χ4n) is 5.22. The molecule has 1 saturated heterocycles. The number of H-pyrrole nitrogens is 1. The number of hydrogen-bond acceptors (Lipinski definition) is 5. The van der Waals surface area contributed by atoms with Crippen molar-refractivity contribution in [1.29, 1.82) is 0 Å². The molecule has 1 amide bonds. The minimum atomic E-state index is -0.107. The average Bonchev–Trinajstić information content (AvgIpc) is 3.20. The molecule has 1 aromatic carbocycles. The molecule has 7 nitrogen and oxygen atoms in total. The fraction of sp³-hybridized carbons (Fsp3) is 0.417. The average molecular weight is 421 g/mol. The van der Waals surface area contributed by atoms with E-state index < -0.39 is 0 Å². The standard InChI is InChI=1S/C24H28N4O3/c1-31-17-4-5-18-19(12-17)27-23-20(14-29)26-15-24(22(18)23)6-9-28(10-7-24)21(30)11-16-3-2-8-25-13-16/h2-5,8,12-13,20,26-27,29H,6-7,9-11,14-15H2,1H3/t20-/m0/s1. The second-order valence-corrected chi connectivity index (χ2v) is 8.64. The predicted octanol–water partition coefficient (Wildman–Crippen LogP) is 2.31. The van der Waals surface area contributed by atoms with Gasteiger partial charge in [0.15, 0.2) is 0 Å². The summed E-state index contributed by atoms with van der Waals surface area (Å²) in [6.45, 7) is 2.30. The number of carbonyl (C=O) groups is 1. The van der Waals surface area contributed by atoms with E-state index in [2.05, 4.69) is 21.4 Å². The van der Waals surface area contributed by atoms with Crippen LogP contribution in [0.2, 0.25) is 0 Å². The van der Waals surface area contributed by atoms with Crippen molar-refractivity contribution in [2.75, 3.05) is 33.4 Å². The molecule has 2 aliphatic rings. The van der Waals surface area contributed by atoms with E-state index in [4.69, 9.17) is 4.74 Å². The summed E-state index contributed by atoms with van der Waals surface area (Å²) in [5.41, 5.74) is 4.28. The van der Waals surface area contributed by atoms with Gasteiger partial charge < -0.3 is 25.0 Å². The maximum Gasteiger partial charge on any atom is 0.227 e. The van der Waals surface area contributed by atoms with Crippen LogP contribution >= 0.6 is 0 Å². The van der Waals surface area contributed by atoms with Crippen LogP contribution in [0.4, 0.5) is 0 Å². The molecule has 0 radical (unpaired) electrons. The van der Waals surface area contributed by atoms with E-state index in [0.29, 0.717) is 6.42 Å². The number of ether oxygens (including phenoxy) is 1. The molecule has 7 heteroatoms. The summed E-state index contributed by atoms with van der Waals surface area (Å²) in [5, 5.41) is 14.7. The molecule has 0 unspecified atom stereocenters. The Labute approximate surface area is 181 Å². The Bertz CT molecular complexity index is 1090. The van der Waals surface area contributed by atoms with Crippen LogP contribution in [0.5, 0.6) is 5.75 Å². The summed E-state index contributed by atoms with van der Waals surface area (Å²) in [6, 6.07) is 9.83. The number of amides is 1. The molecule has 3 N–H and O–H groups in total. The van der Waals surface area contributed by atoms with Crippen molar-refractivity contribution >= 4 is 16.8 Å². The summed E-state index contributed by atoms with van der Waals surface area (Å²) in [6.07, 6.45) is 5.66. The Morgan fingerprint density at radius 3 is 2.87 bits per heavy atom. The summed E-state index contributed by atoms with van der Waals surface area (Å²) < 4.78 is 5.40. The predicted molar refractivity (Wildman–Crippen MR) is 118 cm³/mol. The van der Waals surface area contributed by atoms with Crippen molar-refractivity contribution in [2.45, 2.75) is 30.7 Å². The van der Waals surface area contributed by atoms with Gasteiger partial charge in [0.05, 0.1) is 26.2 Å². The number of nitrogens with zero attached hydrogens (tertiary/aromatic N) is 2. The van der Waals surface area contributed by atoms with Crippen molar-refractivity contribution in [2.24, 2.45) is 0 Å². The van der Waals surface area contributed by atoms with Crippen LogP contribution in [0.1, 0.15) is 35.7 Å². The lowest BCUT2D eigenvalue weighted by Gasteiger charge is -2.46. The van der Waals surface area contributed by atoms with Gasteiger partial charge in [-0.05, 0) is 42.2 Å². The first-order valence-electron chi connectivity index (χ1n) is 10.8. The fourth-order valence-corrected chi connectivity index (χ4v) is 5.22. The third kappa shape index (κ3) is 3.47. The Morgan fingerprint density at radius 2 is 2.16 bits per heavy atom. The third-order valence-electron chi connectivity index (χ3n) is 6.93. The van der Waals surface area contributed by atoms with Crippen LogP contribution in [-0.2, 0) is 16.6 Å². The lowest BCUT2D eigenvalue weighted by Crippen LogP contribution is -2.53. The summed E-state index contributed by atoms with van der Waals surface area (Å²) in [7, 11) is 1.67. The minimum Gasteiger partial charge on any atom is -0.497 e. The highest BCUT2D eigenvalue weighted by Crippen LogP contribution is 2.46. The molecule has 1 atom stereocenters. The number of pyridine rings is 1. The molecule has 162 valence electrons. The van der Waals surface area contributed by atoms with Gasteiger partial charge in [0, 0.05) is 60.1 Å². The zero-order valence-electron chi connectivity index (χ0n) is 17.7. The van der Waals surface area contributed by atoms with Crippen molar-refractivity contribution in [3.63, 3.8) is 0 Å². The van der Waals surface area contributed by atoms with Crippen LogP contribution in [0.25, 0.3) is 10.9 Å². The largest absolute Gasteiger partial charge is 0.497 e. The van der Waals surface area contributed by atoms with E-state index in [-0.39, 0.29) is 24.0 Å². The Kier molecular flexibility index (Phi) is 5.16. The smallest absolute Gasteiger partial charge is 0.227 e. The van der Waals surface area contributed by atoms with Crippen LogP contribution in [0.15, 0.2) is 42.7 Å². The molecule has 4 heterocycles. The van der Waals surface area contributed by atoms with E-state index in [1.54, 1.807) is 19.5 Å². The number of piperidine rings is 1. The molecule has 5 rings (SSSR count). The van der Waals surface area contributed by atoms with Crippen LogP contribution in [-0.4, -0.2) is 59.2 Å². The maximum atomic E-state index is 12.8. The number of carbonyl (C=O) groups excluding carboxylic acids is 1. The van der Waals surface area contributed by atoms with Gasteiger partial charge in [0.25, 0.3) is 0 Å². The number of benzene rings is 1. The first kappa shape index (κ1) is 20.0. The molecule has 3 aromatic rings. The lowest BCUT2D eigenvalue weighted by atomic mass is 9.69. The van der Waals surface area contributed by atoms with E-state index in [1.165, 1.54) is 10.9 Å². The SMILES string of the molecule is COc1ccc2c3c([nH]c2c1)[C@H](CO)NCC31CCN(C(=O)Cc2cccnc2)CC1. The van der Waals surface area contributed by atoms with Gasteiger partial charge in [0.1, 0.15) is 5.75 Å². The molecule has 1 spiro atoms. The molecule has 0 saturated carbocycles. The quantitative estimate of drug-likeness (QED) is 0.603. The second-order valence-electron chi connectivity index (χ2n) is 8.64. The number of nitrogens with one attached hydrogen (secondary N) is 2. The Balaban J connectivity index is 1.42. The van der Waals surface area contributed by atoms with Crippen LogP contribution in [0.3, 0.4) is 0 Å².